The second-order valence-electron chi connectivity index (χ2n) is 8.51. The summed E-state index contributed by atoms with van der Waals surface area (Å²) in [5.41, 5.74) is 2.17. The van der Waals surface area contributed by atoms with Crippen molar-refractivity contribution in [2.45, 2.75) is 37.1 Å². The van der Waals surface area contributed by atoms with Gasteiger partial charge in [0.2, 0.25) is 5.91 Å². The fraction of sp³-hybridized carbons (Fsp3) is 0.440. The number of carbonyl (C=O) groups excluding carboxylic acids is 2. The van der Waals surface area contributed by atoms with Crippen molar-refractivity contribution in [1.82, 2.24) is 5.32 Å². The summed E-state index contributed by atoms with van der Waals surface area (Å²) >= 11 is 0. The van der Waals surface area contributed by atoms with E-state index in [0.717, 1.165) is 5.56 Å². The molecule has 10 nitrogen and oxygen atoms in total. The lowest BCUT2D eigenvalue weighted by molar-refractivity contribution is -0.142. The topological polar surface area (TPSA) is 127 Å². The maximum atomic E-state index is 12.5. The number of fused-ring (bicyclic) bond motifs is 3. The minimum atomic E-state index is -0.548. The normalized spacial score (nSPS) is 22.4. The number of benzene rings is 2. The third kappa shape index (κ3) is 6.02. The van der Waals surface area contributed by atoms with E-state index >= 15 is 0 Å². The Balaban J connectivity index is 1.41. The monoisotopic (exact) mass is 485 g/mol. The number of aliphatic hydroxyl groups excluding tert-OH is 1. The Kier molecular flexibility index (Phi) is 8.06. The van der Waals surface area contributed by atoms with Gasteiger partial charge in [-0.05, 0) is 48.9 Å². The smallest absolute Gasteiger partial charge is 0.323 e. The van der Waals surface area contributed by atoms with Gasteiger partial charge in [0.25, 0.3) is 0 Å². The van der Waals surface area contributed by atoms with E-state index in [9.17, 15) is 14.7 Å². The SMILES string of the molecule is COCCNC(=O)C[C@@H]1C[C@H]2c3cc(NC(=O)Nc4ccc(OC)cc4)ccc3O[C@H]2[C@H](CO)O1. The molecule has 0 radical (unpaired) electrons. The van der Waals surface area contributed by atoms with Crippen LogP contribution >= 0.6 is 0 Å². The number of hydrogen-bond acceptors (Lipinski definition) is 7. The molecule has 0 saturated carbocycles. The van der Waals surface area contributed by atoms with Crippen molar-refractivity contribution in [3.05, 3.63) is 48.0 Å². The van der Waals surface area contributed by atoms with Crippen molar-refractivity contribution in [3.8, 4) is 11.5 Å². The number of amides is 3. The van der Waals surface area contributed by atoms with E-state index in [1.54, 1.807) is 50.6 Å². The zero-order valence-corrected chi connectivity index (χ0v) is 19.8. The van der Waals surface area contributed by atoms with E-state index in [2.05, 4.69) is 16.0 Å². The Labute approximate surface area is 203 Å². The summed E-state index contributed by atoms with van der Waals surface area (Å²) in [6, 6.07) is 12.1. The Morgan fingerprint density at radius 1 is 1.09 bits per heavy atom. The van der Waals surface area contributed by atoms with Gasteiger partial charge in [0.05, 0.1) is 32.8 Å². The number of aliphatic hydroxyl groups is 1. The van der Waals surface area contributed by atoms with Crippen molar-refractivity contribution in [3.63, 3.8) is 0 Å². The van der Waals surface area contributed by atoms with E-state index in [0.29, 0.717) is 42.4 Å². The zero-order chi connectivity index (χ0) is 24.8. The molecule has 2 aromatic rings. The zero-order valence-electron chi connectivity index (χ0n) is 19.8. The number of rotatable bonds is 9. The highest BCUT2D eigenvalue weighted by molar-refractivity contribution is 5.99. The molecule has 1 saturated heterocycles. The van der Waals surface area contributed by atoms with Crippen LogP contribution in [0.1, 0.15) is 24.3 Å². The summed E-state index contributed by atoms with van der Waals surface area (Å²) in [6.45, 7) is 0.647. The summed E-state index contributed by atoms with van der Waals surface area (Å²) < 4.78 is 22.2. The fourth-order valence-corrected chi connectivity index (χ4v) is 4.51. The van der Waals surface area contributed by atoms with E-state index in [1.165, 1.54) is 0 Å². The van der Waals surface area contributed by atoms with Crippen LogP contribution in [0, 0.1) is 0 Å². The molecule has 0 spiro atoms. The molecule has 3 amide bonds. The summed E-state index contributed by atoms with van der Waals surface area (Å²) in [4.78, 5) is 24.8. The van der Waals surface area contributed by atoms with Gasteiger partial charge in [-0.1, -0.05) is 0 Å². The van der Waals surface area contributed by atoms with Gasteiger partial charge in [0.1, 0.15) is 23.7 Å². The summed E-state index contributed by atoms with van der Waals surface area (Å²) in [7, 11) is 3.16. The molecule has 2 aliphatic rings. The first-order chi connectivity index (χ1) is 17.0. The van der Waals surface area contributed by atoms with Gasteiger partial charge in [-0.3, -0.25) is 4.79 Å². The molecular weight excluding hydrogens is 454 g/mol. The third-order valence-electron chi connectivity index (χ3n) is 6.15. The molecule has 2 heterocycles. The lowest BCUT2D eigenvalue weighted by atomic mass is 9.84. The first kappa shape index (κ1) is 24.8. The van der Waals surface area contributed by atoms with E-state index in [4.69, 9.17) is 18.9 Å². The maximum absolute atomic E-state index is 12.5. The van der Waals surface area contributed by atoms with Gasteiger partial charge in [-0.25, -0.2) is 4.79 Å². The molecule has 2 aliphatic heterocycles. The van der Waals surface area contributed by atoms with Gasteiger partial charge < -0.3 is 40.0 Å². The first-order valence-corrected chi connectivity index (χ1v) is 11.5. The number of anilines is 2. The van der Waals surface area contributed by atoms with Crippen molar-refractivity contribution < 1.29 is 33.6 Å². The molecule has 0 aromatic heterocycles. The standard InChI is InChI=1S/C25H31N3O7/c1-32-10-9-26-23(30)13-18-12-20-19-11-16(5-8-21(19)35-24(20)22(14-29)34-18)28-25(31)27-15-3-6-17(33-2)7-4-15/h3-8,11,18,20,22,24,29H,9-10,12-14H2,1-2H3,(H,26,30)(H2,27,28,31)/t18-,20-,22-,24+/m0/s1. The quantitative estimate of drug-likeness (QED) is 0.402. The van der Waals surface area contributed by atoms with Crippen LogP contribution in [-0.2, 0) is 14.3 Å². The van der Waals surface area contributed by atoms with E-state index < -0.39 is 6.10 Å². The van der Waals surface area contributed by atoms with Crippen LogP contribution in [-0.4, -0.2) is 69.3 Å². The van der Waals surface area contributed by atoms with Crippen LogP contribution in [0.5, 0.6) is 11.5 Å². The first-order valence-electron chi connectivity index (χ1n) is 11.5. The number of carbonyl (C=O) groups is 2. The Morgan fingerprint density at radius 3 is 2.54 bits per heavy atom. The second-order valence-corrected chi connectivity index (χ2v) is 8.51. The van der Waals surface area contributed by atoms with Crippen LogP contribution in [0.2, 0.25) is 0 Å². The molecule has 0 aliphatic carbocycles. The predicted octanol–water partition coefficient (Wildman–Crippen LogP) is 2.49. The minimum absolute atomic E-state index is 0.0703. The largest absolute Gasteiger partial charge is 0.497 e. The van der Waals surface area contributed by atoms with Crippen LogP contribution < -0.4 is 25.4 Å². The van der Waals surface area contributed by atoms with Gasteiger partial charge >= 0.3 is 6.03 Å². The summed E-state index contributed by atoms with van der Waals surface area (Å²) in [5, 5.41) is 18.3. The average Bonchev–Trinajstić information content (AvgIpc) is 3.22. The molecule has 4 rings (SSSR count). The van der Waals surface area contributed by atoms with Gasteiger partial charge in [-0.2, -0.15) is 0 Å². The molecule has 35 heavy (non-hydrogen) atoms. The molecule has 0 bridgehead atoms. The third-order valence-corrected chi connectivity index (χ3v) is 6.15. The average molecular weight is 486 g/mol. The Hall–Kier alpha value is -3.34. The predicted molar refractivity (Wildman–Crippen MR) is 129 cm³/mol. The van der Waals surface area contributed by atoms with Crippen LogP contribution in [0.3, 0.4) is 0 Å². The number of ether oxygens (including phenoxy) is 4. The van der Waals surface area contributed by atoms with Crippen molar-refractivity contribution in [2.24, 2.45) is 0 Å². The molecule has 2 aromatic carbocycles. The lowest BCUT2D eigenvalue weighted by Crippen LogP contribution is -2.47. The van der Waals surface area contributed by atoms with Crippen molar-refractivity contribution in [1.29, 1.82) is 0 Å². The highest BCUT2D eigenvalue weighted by Crippen LogP contribution is 2.47. The number of urea groups is 1. The van der Waals surface area contributed by atoms with Crippen molar-refractivity contribution in [2.75, 3.05) is 44.6 Å². The molecule has 0 unspecified atom stereocenters. The lowest BCUT2D eigenvalue weighted by Gasteiger charge is -2.37. The summed E-state index contributed by atoms with van der Waals surface area (Å²) in [6.07, 6.45) is -0.520. The highest BCUT2D eigenvalue weighted by Gasteiger charge is 2.46. The Bertz CT molecular complexity index is 1030. The van der Waals surface area contributed by atoms with Crippen LogP contribution in [0.15, 0.2) is 42.5 Å². The fourth-order valence-electron chi connectivity index (χ4n) is 4.51. The molecule has 10 heteroatoms. The number of nitrogens with one attached hydrogen (secondary N) is 3. The van der Waals surface area contributed by atoms with E-state index in [1.807, 2.05) is 6.07 Å². The van der Waals surface area contributed by atoms with E-state index in [-0.39, 0.29) is 43.1 Å². The van der Waals surface area contributed by atoms with Gasteiger partial charge in [0, 0.05) is 36.5 Å². The number of methoxy groups -OCH3 is 2. The van der Waals surface area contributed by atoms with Crippen LogP contribution in [0.25, 0.3) is 0 Å². The van der Waals surface area contributed by atoms with Gasteiger partial charge in [-0.15, -0.1) is 0 Å². The highest BCUT2D eigenvalue weighted by atomic mass is 16.6. The molecule has 1 fully saturated rings. The van der Waals surface area contributed by atoms with Crippen LogP contribution in [0.4, 0.5) is 16.2 Å². The van der Waals surface area contributed by atoms with Gasteiger partial charge in [0.15, 0.2) is 0 Å². The number of hydrogen-bond donors (Lipinski definition) is 4. The molecule has 4 atom stereocenters. The maximum Gasteiger partial charge on any atom is 0.323 e. The van der Waals surface area contributed by atoms with Crippen molar-refractivity contribution >= 4 is 23.3 Å². The molecule has 4 N–H and O–H groups in total. The second kappa shape index (κ2) is 11.4. The summed E-state index contributed by atoms with van der Waals surface area (Å²) in [5.74, 6) is 1.19. The Morgan fingerprint density at radius 2 is 1.83 bits per heavy atom. The minimum Gasteiger partial charge on any atom is -0.497 e. The molecule has 188 valence electrons. The molecular formula is C25H31N3O7.